The summed E-state index contributed by atoms with van der Waals surface area (Å²) in [6, 6.07) is 27.7. The van der Waals surface area contributed by atoms with Crippen molar-refractivity contribution in [2.24, 2.45) is 0 Å². The molecule has 0 aliphatic heterocycles. The SMILES string of the molecule is CNCc1ccc(NC(=O)CCc2nc(-c3ccccc3)c(-c3ccccc3)o2)cc1. The van der Waals surface area contributed by atoms with Gasteiger partial charge in [0.15, 0.2) is 11.7 Å². The van der Waals surface area contributed by atoms with Gasteiger partial charge < -0.3 is 15.1 Å². The van der Waals surface area contributed by atoms with Crippen LogP contribution in [0.15, 0.2) is 89.3 Å². The molecule has 0 radical (unpaired) electrons. The lowest BCUT2D eigenvalue weighted by Gasteiger charge is -2.06. The van der Waals surface area contributed by atoms with Crippen LogP contribution in [0, 0.1) is 0 Å². The van der Waals surface area contributed by atoms with Gasteiger partial charge in [-0.05, 0) is 24.7 Å². The third-order valence-corrected chi connectivity index (χ3v) is 4.94. The third-order valence-electron chi connectivity index (χ3n) is 4.94. The maximum absolute atomic E-state index is 12.4. The minimum atomic E-state index is -0.0675. The van der Waals surface area contributed by atoms with E-state index in [4.69, 9.17) is 9.40 Å². The van der Waals surface area contributed by atoms with Gasteiger partial charge in [-0.3, -0.25) is 4.79 Å². The molecular formula is C26H25N3O2. The summed E-state index contributed by atoms with van der Waals surface area (Å²) in [5.41, 5.74) is 4.70. The van der Waals surface area contributed by atoms with Crippen LogP contribution >= 0.6 is 0 Å². The molecule has 0 saturated heterocycles. The highest BCUT2D eigenvalue weighted by Gasteiger charge is 2.17. The monoisotopic (exact) mass is 411 g/mol. The Kier molecular flexibility index (Phi) is 6.55. The second-order valence-corrected chi connectivity index (χ2v) is 7.29. The predicted molar refractivity (Wildman–Crippen MR) is 124 cm³/mol. The molecular weight excluding hydrogens is 386 g/mol. The Labute approximate surface area is 182 Å². The molecule has 0 atom stereocenters. The molecule has 0 fully saturated rings. The fourth-order valence-corrected chi connectivity index (χ4v) is 3.40. The number of amides is 1. The molecule has 0 unspecified atom stereocenters. The highest BCUT2D eigenvalue weighted by molar-refractivity contribution is 5.90. The van der Waals surface area contributed by atoms with E-state index in [1.54, 1.807) is 0 Å². The Morgan fingerprint density at radius 2 is 1.52 bits per heavy atom. The molecule has 0 bridgehead atoms. The van der Waals surface area contributed by atoms with E-state index < -0.39 is 0 Å². The average molecular weight is 412 g/mol. The fourth-order valence-electron chi connectivity index (χ4n) is 3.40. The van der Waals surface area contributed by atoms with Gasteiger partial charge in [0.2, 0.25) is 5.91 Å². The van der Waals surface area contributed by atoms with Crippen molar-refractivity contribution in [2.45, 2.75) is 19.4 Å². The summed E-state index contributed by atoms with van der Waals surface area (Å²) in [6.07, 6.45) is 0.720. The minimum absolute atomic E-state index is 0.0675. The highest BCUT2D eigenvalue weighted by Crippen LogP contribution is 2.32. The predicted octanol–water partition coefficient (Wildman–Crippen LogP) is 5.30. The Morgan fingerprint density at radius 1 is 0.871 bits per heavy atom. The van der Waals surface area contributed by atoms with Crippen molar-refractivity contribution in [3.8, 4) is 22.6 Å². The van der Waals surface area contributed by atoms with E-state index in [2.05, 4.69) is 10.6 Å². The smallest absolute Gasteiger partial charge is 0.224 e. The zero-order valence-electron chi connectivity index (χ0n) is 17.5. The zero-order valence-corrected chi connectivity index (χ0v) is 17.5. The molecule has 5 heteroatoms. The maximum atomic E-state index is 12.4. The molecule has 0 saturated carbocycles. The van der Waals surface area contributed by atoms with Crippen LogP contribution in [-0.2, 0) is 17.8 Å². The van der Waals surface area contributed by atoms with Gasteiger partial charge in [-0.2, -0.15) is 0 Å². The summed E-state index contributed by atoms with van der Waals surface area (Å²) in [5.74, 6) is 1.21. The van der Waals surface area contributed by atoms with Crippen LogP contribution in [0.2, 0.25) is 0 Å². The van der Waals surface area contributed by atoms with E-state index in [1.807, 2.05) is 92.0 Å². The first-order valence-corrected chi connectivity index (χ1v) is 10.4. The second-order valence-electron chi connectivity index (χ2n) is 7.29. The largest absolute Gasteiger partial charge is 0.440 e. The molecule has 0 aliphatic carbocycles. The number of anilines is 1. The highest BCUT2D eigenvalue weighted by atomic mass is 16.4. The van der Waals surface area contributed by atoms with Crippen molar-refractivity contribution in [1.29, 1.82) is 0 Å². The molecule has 1 heterocycles. The van der Waals surface area contributed by atoms with Gasteiger partial charge in [-0.1, -0.05) is 72.8 Å². The van der Waals surface area contributed by atoms with E-state index in [-0.39, 0.29) is 5.91 Å². The van der Waals surface area contributed by atoms with E-state index in [0.29, 0.717) is 18.7 Å². The third kappa shape index (κ3) is 5.27. The van der Waals surface area contributed by atoms with Gasteiger partial charge in [-0.15, -0.1) is 0 Å². The standard InChI is InChI=1S/C26H25N3O2/c1-27-18-19-12-14-22(15-13-19)28-23(30)16-17-24-29-25(20-8-4-2-5-9-20)26(31-24)21-10-6-3-7-11-21/h2-15,27H,16-18H2,1H3,(H,28,30). The number of rotatable bonds is 8. The van der Waals surface area contributed by atoms with Crippen LogP contribution in [0.5, 0.6) is 0 Å². The van der Waals surface area contributed by atoms with E-state index in [1.165, 1.54) is 5.56 Å². The zero-order chi connectivity index (χ0) is 21.5. The lowest BCUT2D eigenvalue weighted by molar-refractivity contribution is -0.116. The first kappa shape index (κ1) is 20.6. The lowest BCUT2D eigenvalue weighted by atomic mass is 10.1. The van der Waals surface area contributed by atoms with Crippen LogP contribution in [0.4, 0.5) is 5.69 Å². The maximum Gasteiger partial charge on any atom is 0.224 e. The summed E-state index contributed by atoms with van der Waals surface area (Å²) in [4.78, 5) is 17.1. The molecule has 0 aliphatic rings. The van der Waals surface area contributed by atoms with Gasteiger partial charge in [0.25, 0.3) is 0 Å². The molecule has 3 aromatic carbocycles. The van der Waals surface area contributed by atoms with Gasteiger partial charge in [-0.25, -0.2) is 4.98 Å². The van der Waals surface area contributed by atoms with Crippen LogP contribution in [0.3, 0.4) is 0 Å². The van der Waals surface area contributed by atoms with Gasteiger partial charge in [0.1, 0.15) is 5.69 Å². The van der Waals surface area contributed by atoms with Gasteiger partial charge in [0, 0.05) is 36.2 Å². The number of nitrogens with zero attached hydrogens (tertiary/aromatic N) is 1. The molecule has 0 spiro atoms. The fraction of sp³-hybridized carbons (Fsp3) is 0.154. The van der Waals surface area contributed by atoms with E-state index in [9.17, 15) is 4.79 Å². The Hall–Kier alpha value is -3.70. The molecule has 4 rings (SSSR count). The number of hydrogen-bond donors (Lipinski definition) is 2. The van der Waals surface area contributed by atoms with Crippen molar-refractivity contribution < 1.29 is 9.21 Å². The van der Waals surface area contributed by atoms with Crippen molar-refractivity contribution in [1.82, 2.24) is 10.3 Å². The number of benzene rings is 3. The number of hydrogen-bond acceptors (Lipinski definition) is 4. The number of oxazole rings is 1. The average Bonchev–Trinajstić information content (AvgIpc) is 3.25. The molecule has 156 valence electrons. The summed E-state index contributed by atoms with van der Waals surface area (Å²) < 4.78 is 6.10. The number of carbonyl (C=O) groups is 1. The summed E-state index contributed by atoms with van der Waals surface area (Å²) in [7, 11) is 1.91. The summed E-state index contributed by atoms with van der Waals surface area (Å²) in [5, 5.41) is 6.05. The Morgan fingerprint density at radius 3 is 2.16 bits per heavy atom. The first-order valence-electron chi connectivity index (χ1n) is 10.4. The quantitative estimate of drug-likeness (QED) is 0.413. The first-order chi connectivity index (χ1) is 15.2. The Balaban J connectivity index is 1.47. The van der Waals surface area contributed by atoms with Crippen molar-refractivity contribution >= 4 is 11.6 Å². The molecule has 5 nitrogen and oxygen atoms in total. The molecule has 1 amide bonds. The van der Waals surface area contributed by atoms with Gasteiger partial charge in [0.05, 0.1) is 0 Å². The molecule has 2 N–H and O–H groups in total. The lowest BCUT2D eigenvalue weighted by Crippen LogP contribution is -2.12. The van der Waals surface area contributed by atoms with Crippen molar-refractivity contribution in [3.63, 3.8) is 0 Å². The number of carbonyl (C=O) groups excluding carboxylic acids is 1. The van der Waals surface area contributed by atoms with Gasteiger partial charge >= 0.3 is 0 Å². The summed E-state index contributed by atoms with van der Waals surface area (Å²) >= 11 is 0. The topological polar surface area (TPSA) is 67.2 Å². The number of nitrogens with one attached hydrogen (secondary N) is 2. The Bertz CT molecular complexity index is 1060. The molecule has 4 aromatic rings. The van der Waals surface area contributed by atoms with Crippen LogP contribution in [-0.4, -0.2) is 17.9 Å². The van der Waals surface area contributed by atoms with E-state index in [0.717, 1.165) is 34.8 Å². The summed E-state index contributed by atoms with van der Waals surface area (Å²) in [6.45, 7) is 0.798. The van der Waals surface area contributed by atoms with Crippen LogP contribution in [0.1, 0.15) is 17.9 Å². The van der Waals surface area contributed by atoms with E-state index >= 15 is 0 Å². The molecule has 1 aromatic heterocycles. The normalized spacial score (nSPS) is 10.7. The number of aryl methyl sites for hydroxylation is 1. The van der Waals surface area contributed by atoms with Crippen molar-refractivity contribution in [3.05, 3.63) is 96.4 Å². The second kappa shape index (κ2) is 9.87. The van der Waals surface area contributed by atoms with Crippen LogP contribution < -0.4 is 10.6 Å². The minimum Gasteiger partial charge on any atom is -0.440 e. The van der Waals surface area contributed by atoms with Crippen molar-refractivity contribution in [2.75, 3.05) is 12.4 Å². The number of aromatic nitrogens is 1. The molecule has 31 heavy (non-hydrogen) atoms. The van der Waals surface area contributed by atoms with Crippen LogP contribution in [0.25, 0.3) is 22.6 Å².